The molecule has 3 aliphatic rings. The van der Waals surface area contributed by atoms with Crippen LogP contribution in [0, 0.1) is 0 Å². The summed E-state index contributed by atoms with van der Waals surface area (Å²) in [5, 5.41) is 2.87. The zero-order valence-corrected chi connectivity index (χ0v) is 15.6. The number of aliphatic imine (C=N–C) groups is 1. The zero-order chi connectivity index (χ0) is 19.5. The number of nitrogens with one attached hydrogen (secondary N) is 1. The maximum atomic E-state index is 12.5. The summed E-state index contributed by atoms with van der Waals surface area (Å²) in [7, 11) is 1.54. The van der Waals surface area contributed by atoms with Crippen molar-refractivity contribution in [3.05, 3.63) is 24.4 Å². The molecule has 1 saturated heterocycles. The number of allylic oxidation sites excluding steroid dienone is 1. The van der Waals surface area contributed by atoms with E-state index in [4.69, 9.17) is 14.2 Å². The van der Waals surface area contributed by atoms with E-state index in [1.807, 2.05) is 11.0 Å². The Morgan fingerprint density at radius 2 is 1.93 bits per heavy atom. The Morgan fingerprint density at radius 3 is 2.61 bits per heavy atom. The van der Waals surface area contributed by atoms with Crippen LogP contribution in [0.15, 0.2) is 29.4 Å². The zero-order valence-electron chi connectivity index (χ0n) is 15.6. The van der Waals surface area contributed by atoms with Crippen LogP contribution in [-0.4, -0.2) is 74.0 Å². The Morgan fingerprint density at radius 1 is 1.18 bits per heavy atom. The summed E-state index contributed by atoms with van der Waals surface area (Å²) in [5.74, 6) is 1.52. The van der Waals surface area contributed by atoms with Gasteiger partial charge in [0.25, 0.3) is 5.91 Å². The molecule has 1 aromatic carbocycles. The van der Waals surface area contributed by atoms with Crippen LogP contribution in [0.5, 0.6) is 17.2 Å². The monoisotopic (exact) mass is 386 g/mol. The van der Waals surface area contributed by atoms with Crippen molar-refractivity contribution in [1.82, 2.24) is 9.80 Å². The number of nitrogens with zero attached hydrogens (tertiary/aromatic N) is 3. The molecular formula is C19H22N4O5. The SMILES string of the molecule is COc1cc2c(cc1NC(=O)CN1CCN(C(=O)C3=NC=CC3)CC1)OCO2. The van der Waals surface area contributed by atoms with E-state index in [0.717, 1.165) is 0 Å². The fourth-order valence-corrected chi connectivity index (χ4v) is 3.38. The Balaban J connectivity index is 1.30. The number of carbonyl (C=O) groups excluding carboxylic acids is 2. The third-order valence-corrected chi connectivity index (χ3v) is 4.89. The van der Waals surface area contributed by atoms with Gasteiger partial charge < -0.3 is 24.4 Å². The molecule has 9 heteroatoms. The van der Waals surface area contributed by atoms with Gasteiger partial charge in [0.1, 0.15) is 11.5 Å². The van der Waals surface area contributed by atoms with Gasteiger partial charge in [-0.3, -0.25) is 19.5 Å². The van der Waals surface area contributed by atoms with Gasteiger partial charge in [-0.25, -0.2) is 0 Å². The van der Waals surface area contributed by atoms with E-state index in [2.05, 4.69) is 10.3 Å². The molecule has 1 aromatic rings. The van der Waals surface area contributed by atoms with Crippen molar-refractivity contribution in [2.75, 3.05) is 51.9 Å². The van der Waals surface area contributed by atoms with Gasteiger partial charge in [-0.15, -0.1) is 0 Å². The first-order chi connectivity index (χ1) is 13.6. The standard InChI is InChI=1S/C19H22N4O5/c1-26-15-10-17-16(27-12-28-17)9-14(15)21-18(24)11-22-5-7-23(8-6-22)19(25)13-3-2-4-20-13/h2,4,9-10H,3,5-8,11-12H2,1H3,(H,21,24). The van der Waals surface area contributed by atoms with Crippen molar-refractivity contribution in [1.29, 1.82) is 0 Å². The van der Waals surface area contributed by atoms with Crippen LogP contribution in [-0.2, 0) is 9.59 Å². The van der Waals surface area contributed by atoms with Gasteiger partial charge in [0, 0.05) is 50.9 Å². The lowest BCUT2D eigenvalue weighted by molar-refractivity contribution is -0.126. The number of amides is 2. The molecule has 0 unspecified atom stereocenters. The van der Waals surface area contributed by atoms with Crippen molar-refractivity contribution >= 4 is 23.2 Å². The summed E-state index contributed by atoms with van der Waals surface area (Å²) in [5.41, 5.74) is 1.12. The van der Waals surface area contributed by atoms with Crippen molar-refractivity contribution < 1.29 is 23.8 Å². The summed E-state index contributed by atoms with van der Waals surface area (Å²) in [6, 6.07) is 3.40. The van der Waals surface area contributed by atoms with Crippen molar-refractivity contribution in [2.45, 2.75) is 6.42 Å². The number of hydrogen-bond donors (Lipinski definition) is 1. The number of methoxy groups -OCH3 is 1. The molecular weight excluding hydrogens is 364 g/mol. The van der Waals surface area contributed by atoms with Gasteiger partial charge in [0.15, 0.2) is 11.5 Å². The van der Waals surface area contributed by atoms with Crippen LogP contribution in [0.4, 0.5) is 5.69 Å². The third-order valence-electron chi connectivity index (χ3n) is 4.89. The number of benzene rings is 1. The number of rotatable bonds is 5. The van der Waals surface area contributed by atoms with Crippen molar-refractivity contribution in [2.24, 2.45) is 4.99 Å². The first-order valence-corrected chi connectivity index (χ1v) is 9.15. The minimum atomic E-state index is -0.152. The summed E-state index contributed by atoms with van der Waals surface area (Å²) < 4.78 is 16.0. The summed E-state index contributed by atoms with van der Waals surface area (Å²) in [4.78, 5) is 32.8. The largest absolute Gasteiger partial charge is 0.494 e. The number of piperazine rings is 1. The average molecular weight is 386 g/mol. The van der Waals surface area contributed by atoms with Crippen molar-refractivity contribution in [3.8, 4) is 17.2 Å². The maximum absolute atomic E-state index is 12.5. The predicted molar refractivity (Wildman–Crippen MR) is 102 cm³/mol. The molecule has 3 heterocycles. The lowest BCUT2D eigenvalue weighted by Gasteiger charge is -2.34. The first kappa shape index (κ1) is 18.3. The second-order valence-electron chi connectivity index (χ2n) is 6.69. The highest BCUT2D eigenvalue weighted by atomic mass is 16.7. The summed E-state index contributed by atoms with van der Waals surface area (Å²) >= 11 is 0. The second kappa shape index (κ2) is 7.89. The predicted octanol–water partition coefficient (Wildman–Crippen LogP) is 0.865. The first-order valence-electron chi connectivity index (χ1n) is 9.15. The van der Waals surface area contributed by atoms with Gasteiger partial charge in [0.2, 0.25) is 12.7 Å². The van der Waals surface area contributed by atoms with Crippen LogP contribution in [0.2, 0.25) is 0 Å². The number of carbonyl (C=O) groups is 2. The third kappa shape index (κ3) is 3.79. The average Bonchev–Trinajstić information content (AvgIpc) is 3.39. The molecule has 148 valence electrons. The molecule has 4 rings (SSSR count). The minimum Gasteiger partial charge on any atom is -0.494 e. The van der Waals surface area contributed by atoms with Gasteiger partial charge in [0.05, 0.1) is 19.3 Å². The molecule has 0 spiro atoms. The molecule has 0 saturated carbocycles. The van der Waals surface area contributed by atoms with Crippen LogP contribution >= 0.6 is 0 Å². The van der Waals surface area contributed by atoms with E-state index in [0.29, 0.717) is 61.2 Å². The molecule has 3 aliphatic heterocycles. The van der Waals surface area contributed by atoms with Crippen LogP contribution < -0.4 is 19.5 Å². The van der Waals surface area contributed by atoms with E-state index < -0.39 is 0 Å². The van der Waals surface area contributed by atoms with Crippen LogP contribution in [0.25, 0.3) is 0 Å². The summed E-state index contributed by atoms with van der Waals surface area (Å²) in [6.45, 7) is 2.83. The van der Waals surface area contributed by atoms with E-state index in [-0.39, 0.29) is 25.2 Å². The molecule has 0 aliphatic carbocycles. The lowest BCUT2D eigenvalue weighted by atomic mass is 10.2. The minimum absolute atomic E-state index is 0.0146. The van der Waals surface area contributed by atoms with Gasteiger partial charge in [-0.1, -0.05) is 6.08 Å². The van der Waals surface area contributed by atoms with Crippen LogP contribution in [0.1, 0.15) is 6.42 Å². The topological polar surface area (TPSA) is 92.7 Å². The van der Waals surface area contributed by atoms with Crippen LogP contribution in [0.3, 0.4) is 0 Å². The number of anilines is 1. The Bertz CT molecular complexity index is 843. The Kier molecular flexibility index (Phi) is 5.16. The normalized spacial score (nSPS) is 18.2. The smallest absolute Gasteiger partial charge is 0.268 e. The lowest BCUT2D eigenvalue weighted by Crippen LogP contribution is -2.51. The fraction of sp³-hybridized carbons (Fsp3) is 0.421. The number of hydrogen-bond acceptors (Lipinski definition) is 7. The maximum Gasteiger partial charge on any atom is 0.268 e. The van der Waals surface area contributed by atoms with E-state index in [1.54, 1.807) is 23.2 Å². The second-order valence-corrected chi connectivity index (χ2v) is 6.69. The van der Waals surface area contributed by atoms with E-state index >= 15 is 0 Å². The molecule has 1 fully saturated rings. The molecule has 2 amide bonds. The molecule has 28 heavy (non-hydrogen) atoms. The Hall–Kier alpha value is -3.07. The number of fused-ring (bicyclic) bond motifs is 1. The van der Waals surface area contributed by atoms with Gasteiger partial charge >= 0.3 is 0 Å². The molecule has 0 radical (unpaired) electrons. The van der Waals surface area contributed by atoms with Gasteiger partial charge in [-0.05, 0) is 0 Å². The van der Waals surface area contributed by atoms with E-state index in [9.17, 15) is 9.59 Å². The molecule has 0 bridgehead atoms. The highest BCUT2D eigenvalue weighted by Crippen LogP contribution is 2.40. The Labute approximate surface area is 162 Å². The fourth-order valence-electron chi connectivity index (χ4n) is 3.38. The molecule has 1 N–H and O–H groups in total. The molecule has 0 aromatic heterocycles. The van der Waals surface area contributed by atoms with Gasteiger partial charge in [-0.2, -0.15) is 0 Å². The highest BCUT2D eigenvalue weighted by Gasteiger charge is 2.26. The summed E-state index contributed by atoms with van der Waals surface area (Å²) in [6.07, 6.45) is 4.13. The molecule has 0 atom stereocenters. The van der Waals surface area contributed by atoms with E-state index in [1.165, 1.54) is 7.11 Å². The highest BCUT2D eigenvalue weighted by molar-refractivity contribution is 6.39. The quantitative estimate of drug-likeness (QED) is 0.807. The van der Waals surface area contributed by atoms with Crippen molar-refractivity contribution in [3.63, 3.8) is 0 Å². The number of ether oxygens (including phenoxy) is 3. The molecule has 9 nitrogen and oxygen atoms in total.